The molecule has 1 N–H and O–H groups in total. The molecule has 0 atom stereocenters. The first-order chi connectivity index (χ1) is 21.6. The fraction of sp³-hybridized carbons (Fsp3) is 0.0588. The number of carboxylic acids is 1. The average Bonchev–Trinajstić information content (AvgIpc) is 3.63. The maximum atomic E-state index is 14.8. The lowest BCUT2D eigenvalue weighted by Gasteiger charge is -2.16. The number of aromatic nitrogens is 1. The molecule has 0 bridgehead atoms. The van der Waals surface area contributed by atoms with E-state index in [0.29, 0.717) is 38.1 Å². The number of ether oxygens (including phenoxy) is 1. The van der Waals surface area contributed by atoms with Crippen molar-refractivity contribution >= 4 is 49.8 Å². The number of methoxy groups -OCH3 is 1. The van der Waals surface area contributed by atoms with Crippen LogP contribution in [0.25, 0.3) is 44.4 Å². The van der Waals surface area contributed by atoms with E-state index in [1.807, 2.05) is 6.92 Å². The smallest absolute Gasteiger partial charge is 0.339 e. The number of thiophene rings is 1. The Labute approximate surface area is 267 Å². The van der Waals surface area contributed by atoms with Crippen LogP contribution < -0.4 is 4.74 Å². The highest BCUT2D eigenvalue weighted by molar-refractivity contribution is 7.90. The van der Waals surface area contributed by atoms with Gasteiger partial charge in [0.1, 0.15) is 22.3 Å². The van der Waals surface area contributed by atoms with Crippen molar-refractivity contribution in [1.82, 2.24) is 3.97 Å². The lowest BCUT2D eigenvalue weighted by molar-refractivity contribution is 0.0693. The number of fused-ring (bicyclic) bond motifs is 1. The van der Waals surface area contributed by atoms with Crippen molar-refractivity contribution in [3.63, 3.8) is 0 Å². The monoisotopic (exact) mass is 656 g/mol. The minimum absolute atomic E-state index is 0.0174. The van der Waals surface area contributed by atoms with Crippen LogP contribution in [0.2, 0.25) is 5.02 Å². The van der Waals surface area contributed by atoms with Gasteiger partial charge in [-0.2, -0.15) is 5.26 Å². The minimum atomic E-state index is -4.27. The summed E-state index contributed by atoms with van der Waals surface area (Å²) in [5, 5.41) is 21.7. The van der Waals surface area contributed by atoms with Gasteiger partial charge in [0.25, 0.3) is 10.0 Å². The van der Waals surface area contributed by atoms with Crippen LogP contribution in [0.1, 0.15) is 20.8 Å². The summed E-state index contributed by atoms with van der Waals surface area (Å²) >= 11 is 7.85. The van der Waals surface area contributed by atoms with E-state index >= 15 is 0 Å². The molecule has 45 heavy (non-hydrogen) atoms. The lowest BCUT2D eigenvalue weighted by Crippen LogP contribution is -2.14. The zero-order chi connectivity index (χ0) is 32.0. The zero-order valence-corrected chi connectivity index (χ0v) is 26.1. The summed E-state index contributed by atoms with van der Waals surface area (Å²) in [6.07, 6.45) is 0. The Kier molecular flexibility index (Phi) is 7.70. The Morgan fingerprint density at radius 2 is 1.73 bits per heavy atom. The van der Waals surface area contributed by atoms with Crippen molar-refractivity contribution in [2.24, 2.45) is 0 Å². The quantitative estimate of drug-likeness (QED) is 0.184. The first-order valence-corrected chi connectivity index (χ1v) is 16.1. The Morgan fingerprint density at radius 3 is 2.42 bits per heavy atom. The van der Waals surface area contributed by atoms with E-state index in [-0.39, 0.29) is 32.4 Å². The van der Waals surface area contributed by atoms with Gasteiger partial charge in [0.2, 0.25) is 0 Å². The summed E-state index contributed by atoms with van der Waals surface area (Å²) in [6, 6.07) is 24.0. The van der Waals surface area contributed by atoms with Gasteiger partial charge < -0.3 is 9.84 Å². The molecule has 0 aliphatic rings. The van der Waals surface area contributed by atoms with Gasteiger partial charge in [-0.3, -0.25) is 0 Å². The molecule has 0 fully saturated rings. The van der Waals surface area contributed by atoms with Gasteiger partial charge >= 0.3 is 5.97 Å². The molecule has 6 rings (SSSR count). The van der Waals surface area contributed by atoms with Crippen LogP contribution in [0.5, 0.6) is 5.75 Å². The molecule has 2 heterocycles. The number of nitrogens with zero attached hydrogens (tertiary/aromatic N) is 2. The standard InChI is InChI=1S/C34H22ClFN2O5S2/c1-19-6-9-23(10-7-19)45(41,42)38-28-13-8-22(36)17-27(28)30(25-14-15-44-29(25)18-37)32(38)21-5-3-4-20(16-21)24-11-12-26(34(39)40)33(43-2)31(24)35/h3-17H,1-2H3,(H,39,40). The molecule has 0 saturated carbocycles. The molecule has 224 valence electrons. The maximum Gasteiger partial charge on any atom is 0.339 e. The van der Waals surface area contributed by atoms with Gasteiger partial charge in [0.15, 0.2) is 5.75 Å². The largest absolute Gasteiger partial charge is 0.494 e. The number of nitriles is 1. The summed E-state index contributed by atoms with van der Waals surface area (Å²) in [5.74, 6) is -1.79. The molecule has 11 heteroatoms. The van der Waals surface area contributed by atoms with Gasteiger partial charge in [0, 0.05) is 27.6 Å². The van der Waals surface area contributed by atoms with E-state index in [1.54, 1.807) is 53.9 Å². The molecule has 0 spiro atoms. The molecular weight excluding hydrogens is 635 g/mol. The molecule has 0 unspecified atom stereocenters. The number of halogens is 2. The summed E-state index contributed by atoms with van der Waals surface area (Å²) < 4.78 is 50.3. The third kappa shape index (κ3) is 5.05. The maximum absolute atomic E-state index is 14.8. The van der Waals surface area contributed by atoms with Gasteiger partial charge in [0.05, 0.1) is 28.2 Å². The molecular formula is C34H22ClFN2O5S2. The fourth-order valence-electron chi connectivity index (χ4n) is 5.41. The number of carboxylic acid groups (broad SMARTS) is 1. The van der Waals surface area contributed by atoms with E-state index in [1.165, 1.54) is 58.8 Å². The van der Waals surface area contributed by atoms with Crippen molar-refractivity contribution in [2.75, 3.05) is 7.11 Å². The van der Waals surface area contributed by atoms with Crippen LogP contribution in [-0.2, 0) is 10.0 Å². The molecule has 0 amide bonds. The van der Waals surface area contributed by atoms with Gasteiger partial charge in [-0.15, -0.1) is 11.3 Å². The summed E-state index contributed by atoms with van der Waals surface area (Å²) in [6.45, 7) is 1.85. The van der Waals surface area contributed by atoms with Gasteiger partial charge in [-0.25, -0.2) is 21.6 Å². The third-order valence-electron chi connectivity index (χ3n) is 7.46. The number of aromatic carboxylic acids is 1. The number of hydrogen-bond acceptors (Lipinski definition) is 6. The number of rotatable bonds is 7. The number of benzene rings is 4. The first-order valence-electron chi connectivity index (χ1n) is 13.4. The van der Waals surface area contributed by atoms with E-state index < -0.39 is 21.8 Å². The molecule has 0 aliphatic carbocycles. The summed E-state index contributed by atoms with van der Waals surface area (Å²) in [7, 11) is -2.95. The van der Waals surface area contributed by atoms with Crippen LogP contribution in [0.15, 0.2) is 95.2 Å². The van der Waals surface area contributed by atoms with Gasteiger partial charge in [-0.1, -0.05) is 53.6 Å². The molecule has 0 aliphatic heterocycles. The lowest BCUT2D eigenvalue weighted by atomic mass is 9.96. The van der Waals surface area contributed by atoms with Crippen LogP contribution in [-0.4, -0.2) is 30.6 Å². The molecule has 6 aromatic rings. The summed E-state index contributed by atoms with van der Waals surface area (Å²) in [5.41, 5.74) is 3.47. The van der Waals surface area contributed by atoms with E-state index in [9.17, 15) is 28.0 Å². The highest BCUT2D eigenvalue weighted by atomic mass is 35.5. The van der Waals surface area contributed by atoms with Crippen molar-refractivity contribution in [1.29, 1.82) is 5.26 Å². The Morgan fingerprint density at radius 1 is 1.00 bits per heavy atom. The molecule has 0 radical (unpaired) electrons. The van der Waals surface area contributed by atoms with Crippen molar-refractivity contribution < 1.29 is 27.4 Å². The van der Waals surface area contributed by atoms with Crippen LogP contribution in [0, 0.1) is 24.1 Å². The molecule has 7 nitrogen and oxygen atoms in total. The van der Waals surface area contributed by atoms with Crippen LogP contribution in [0.4, 0.5) is 4.39 Å². The number of hydrogen-bond donors (Lipinski definition) is 1. The molecule has 4 aromatic carbocycles. The van der Waals surface area contributed by atoms with Crippen molar-refractivity contribution in [3.05, 3.63) is 117 Å². The highest BCUT2D eigenvalue weighted by Gasteiger charge is 2.30. The fourth-order valence-corrected chi connectivity index (χ4v) is 8.00. The molecule has 0 saturated heterocycles. The predicted molar refractivity (Wildman–Crippen MR) is 173 cm³/mol. The average molecular weight is 657 g/mol. The minimum Gasteiger partial charge on any atom is -0.494 e. The van der Waals surface area contributed by atoms with Crippen LogP contribution in [0.3, 0.4) is 0 Å². The van der Waals surface area contributed by atoms with E-state index in [2.05, 4.69) is 6.07 Å². The van der Waals surface area contributed by atoms with E-state index in [4.69, 9.17) is 16.3 Å². The van der Waals surface area contributed by atoms with Gasteiger partial charge in [-0.05, 0) is 66.4 Å². The topological polar surface area (TPSA) is 109 Å². The second-order valence-corrected chi connectivity index (χ2v) is 13.2. The Balaban J connectivity index is 1.72. The summed E-state index contributed by atoms with van der Waals surface area (Å²) in [4.78, 5) is 12.1. The van der Waals surface area contributed by atoms with E-state index in [0.717, 1.165) is 5.56 Å². The Hall–Kier alpha value is -4.95. The van der Waals surface area contributed by atoms with Crippen LogP contribution >= 0.6 is 22.9 Å². The third-order valence-corrected chi connectivity index (χ3v) is 10.4. The second kappa shape index (κ2) is 11.5. The van der Waals surface area contributed by atoms with Crippen molar-refractivity contribution in [2.45, 2.75) is 11.8 Å². The zero-order valence-electron chi connectivity index (χ0n) is 23.7. The first kappa shape index (κ1) is 30.1. The SMILES string of the molecule is COc1c(C(=O)O)ccc(-c2cccc(-c3c(-c4ccsc4C#N)c4cc(F)ccc4n3S(=O)(=O)c3ccc(C)cc3)c2)c1Cl. The predicted octanol–water partition coefficient (Wildman–Crippen LogP) is 8.62. The Bertz CT molecular complexity index is 2300. The highest BCUT2D eigenvalue weighted by Crippen LogP contribution is 2.46. The normalized spacial score (nSPS) is 11.4. The number of aryl methyl sites for hydroxylation is 1. The van der Waals surface area contributed by atoms with Crippen molar-refractivity contribution in [3.8, 4) is 45.3 Å². The second-order valence-electron chi connectivity index (χ2n) is 10.1. The molecule has 2 aromatic heterocycles. The number of carbonyl (C=O) groups is 1.